The Labute approximate surface area is 443 Å². The molecule has 0 aromatic rings. The molecule has 0 saturated carbocycles. The predicted molar refractivity (Wildman–Crippen MR) is 307 cm³/mol. The van der Waals surface area contributed by atoms with Crippen LogP contribution in [0.25, 0.3) is 0 Å². The average molecular weight is 1030 g/mol. The Morgan fingerprint density at radius 1 is 0.431 bits per heavy atom. The molecule has 0 aliphatic rings. The molecule has 0 rings (SSSR count). The van der Waals surface area contributed by atoms with Gasteiger partial charge in [-0.05, 0) is 70.6 Å². The highest BCUT2D eigenvalue weighted by molar-refractivity contribution is 7.47. The molecule has 2 atom stereocenters. The molecule has 0 bridgehead atoms. The van der Waals surface area contributed by atoms with Gasteiger partial charge in [0.25, 0.3) is 0 Å². The third-order valence-electron chi connectivity index (χ3n) is 12.5. The van der Waals surface area contributed by atoms with Gasteiger partial charge in [-0.25, -0.2) is 4.57 Å². The number of allylic oxidation sites excluding steroid dienone is 14. The summed E-state index contributed by atoms with van der Waals surface area (Å²) in [4.78, 5) is 35.2. The van der Waals surface area contributed by atoms with E-state index in [9.17, 15) is 19.0 Å². The van der Waals surface area contributed by atoms with Crippen molar-refractivity contribution in [3.63, 3.8) is 0 Å². The number of nitrogens with two attached hydrogens (primary N) is 1. The van der Waals surface area contributed by atoms with E-state index in [0.29, 0.717) is 6.42 Å². The summed E-state index contributed by atoms with van der Waals surface area (Å²) in [6, 6.07) is 0. The third-order valence-corrected chi connectivity index (χ3v) is 13.5. The second-order valence-corrected chi connectivity index (χ2v) is 20.9. The molecule has 0 spiro atoms. The van der Waals surface area contributed by atoms with Crippen LogP contribution >= 0.6 is 7.82 Å². The standard InChI is InChI=1S/C62H110NO8P/c1-3-5-7-9-11-13-15-17-19-21-23-24-25-26-27-28-29-30-31-32-33-34-35-36-37-39-41-43-45-47-49-51-53-55-62(65)71-60(59-70-72(66,67)69-57-56-63)58-68-61(64)54-52-50-48-46-44-42-40-38-22-20-18-16-14-12-10-8-6-4-2/h5,7,11,13,17,19,23-24,26-27,29-30,32-33,60H,3-4,6,8-10,12,14-16,18,20-22,25,28,31,34-59,63H2,1-2H3,(H,66,67)/b7-5-,13-11-,19-17-,24-23-,27-26-,30-29-,33-32-. The number of esters is 2. The monoisotopic (exact) mass is 1030 g/mol. The zero-order valence-electron chi connectivity index (χ0n) is 46.4. The molecule has 9 nitrogen and oxygen atoms in total. The number of phosphoric acid groups is 1. The molecular formula is C62H110NO8P. The van der Waals surface area contributed by atoms with Crippen molar-refractivity contribution in [1.82, 2.24) is 0 Å². The predicted octanol–water partition coefficient (Wildman–Crippen LogP) is 18.7. The first-order chi connectivity index (χ1) is 35.3. The zero-order valence-corrected chi connectivity index (χ0v) is 47.3. The minimum Gasteiger partial charge on any atom is -0.462 e. The second-order valence-electron chi connectivity index (χ2n) is 19.5. The number of hydrogen-bond donors (Lipinski definition) is 2. The summed E-state index contributed by atoms with van der Waals surface area (Å²) in [7, 11) is -4.39. The normalized spacial score (nSPS) is 13.7. The summed E-state index contributed by atoms with van der Waals surface area (Å²) < 4.78 is 33.0. The first-order valence-electron chi connectivity index (χ1n) is 29.6. The summed E-state index contributed by atoms with van der Waals surface area (Å²) in [6.07, 6.45) is 74.9. The highest BCUT2D eigenvalue weighted by Gasteiger charge is 2.26. The lowest BCUT2D eigenvalue weighted by molar-refractivity contribution is -0.161. The van der Waals surface area contributed by atoms with Crippen molar-refractivity contribution < 1.29 is 37.6 Å². The van der Waals surface area contributed by atoms with Crippen LogP contribution in [-0.2, 0) is 32.7 Å². The third kappa shape index (κ3) is 56.5. The minimum atomic E-state index is -4.39. The van der Waals surface area contributed by atoms with E-state index in [-0.39, 0.29) is 38.6 Å². The van der Waals surface area contributed by atoms with E-state index in [0.717, 1.165) is 89.9 Å². The van der Waals surface area contributed by atoms with Crippen LogP contribution < -0.4 is 5.73 Å². The Morgan fingerprint density at radius 3 is 1.14 bits per heavy atom. The van der Waals surface area contributed by atoms with Gasteiger partial charge in [0.05, 0.1) is 13.2 Å². The molecule has 0 aliphatic carbocycles. The first kappa shape index (κ1) is 69.2. The molecule has 10 heteroatoms. The number of phosphoric ester groups is 1. The number of carbonyl (C=O) groups excluding carboxylic acids is 2. The summed E-state index contributed by atoms with van der Waals surface area (Å²) in [6.45, 7) is 3.65. The molecule has 2 unspecified atom stereocenters. The summed E-state index contributed by atoms with van der Waals surface area (Å²) in [5, 5.41) is 0. The molecule has 72 heavy (non-hydrogen) atoms. The topological polar surface area (TPSA) is 134 Å². The maximum atomic E-state index is 12.7. The smallest absolute Gasteiger partial charge is 0.462 e. The maximum absolute atomic E-state index is 12.7. The Hall–Kier alpha value is -2.81. The van der Waals surface area contributed by atoms with Gasteiger partial charge in [0, 0.05) is 19.4 Å². The van der Waals surface area contributed by atoms with E-state index in [1.807, 2.05) is 0 Å². The van der Waals surface area contributed by atoms with Crippen molar-refractivity contribution in [2.24, 2.45) is 5.73 Å². The van der Waals surface area contributed by atoms with E-state index in [4.69, 9.17) is 24.3 Å². The van der Waals surface area contributed by atoms with Crippen molar-refractivity contribution in [2.75, 3.05) is 26.4 Å². The van der Waals surface area contributed by atoms with Crippen LogP contribution in [0.3, 0.4) is 0 Å². The quantitative estimate of drug-likeness (QED) is 0.0264. The van der Waals surface area contributed by atoms with Gasteiger partial charge < -0.3 is 20.1 Å². The fourth-order valence-corrected chi connectivity index (χ4v) is 8.97. The van der Waals surface area contributed by atoms with Gasteiger partial charge in [-0.1, -0.05) is 266 Å². The van der Waals surface area contributed by atoms with Crippen molar-refractivity contribution in [1.29, 1.82) is 0 Å². The van der Waals surface area contributed by atoms with Gasteiger partial charge in [0.1, 0.15) is 6.61 Å². The summed E-state index contributed by atoms with van der Waals surface area (Å²) in [5.74, 6) is -0.824. The number of ether oxygens (including phenoxy) is 2. The van der Waals surface area contributed by atoms with Gasteiger partial charge in [0.15, 0.2) is 6.10 Å². The van der Waals surface area contributed by atoms with E-state index in [2.05, 4.69) is 98.9 Å². The Bertz CT molecular complexity index is 1450. The minimum absolute atomic E-state index is 0.0513. The van der Waals surface area contributed by atoms with Crippen LogP contribution in [-0.4, -0.2) is 49.3 Å². The summed E-state index contributed by atoms with van der Waals surface area (Å²) in [5.41, 5.74) is 5.38. The molecule has 3 N–H and O–H groups in total. The van der Waals surface area contributed by atoms with Gasteiger partial charge in [-0.3, -0.25) is 18.6 Å². The molecule has 0 saturated heterocycles. The molecule has 0 aliphatic heterocycles. The molecule has 0 heterocycles. The van der Waals surface area contributed by atoms with Gasteiger partial charge in [-0.2, -0.15) is 0 Å². The number of unbranched alkanes of at least 4 members (excludes halogenated alkanes) is 28. The van der Waals surface area contributed by atoms with Crippen LogP contribution in [0.2, 0.25) is 0 Å². The highest BCUT2D eigenvalue weighted by atomic mass is 31.2. The molecule has 0 aromatic carbocycles. The molecule has 0 radical (unpaired) electrons. The van der Waals surface area contributed by atoms with E-state index < -0.39 is 26.5 Å². The maximum Gasteiger partial charge on any atom is 0.472 e. The number of carbonyl (C=O) groups is 2. The van der Waals surface area contributed by atoms with Crippen LogP contribution in [0, 0.1) is 0 Å². The van der Waals surface area contributed by atoms with Crippen LogP contribution in [0.15, 0.2) is 85.1 Å². The van der Waals surface area contributed by atoms with Crippen molar-refractivity contribution >= 4 is 19.8 Å². The zero-order chi connectivity index (χ0) is 52.4. The van der Waals surface area contributed by atoms with Crippen molar-refractivity contribution in [3.05, 3.63) is 85.1 Å². The summed E-state index contributed by atoms with van der Waals surface area (Å²) >= 11 is 0. The first-order valence-corrected chi connectivity index (χ1v) is 31.1. The van der Waals surface area contributed by atoms with Crippen molar-refractivity contribution in [2.45, 2.75) is 270 Å². The van der Waals surface area contributed by atoms with E-state index in [1.54, 1.807) is 0 Å². The van der Waals surface area contributed by atoms with Gasteiger partial charge >= 0.3 is 19.8 Å². The van der Waals surface area contributed by atoms with Crippen LogP contribution in [0.5, 0.6) is 0 Å². The molecular weight excluding hydrogens is 918 g/mol. The van der Waals surface area contributed by atoms with Crippen LogP contribution in [0.4, 0.5) is 0 Å². The Morgan fingerprint density at radius 2 is 0.764 bits per heavy atom. The fraction of sp³-hybridized carbons (Fsp3) is 0.742. The number of hydrogen-bond acceptors (Lipinski definition) is 8. The van der Waals surface area contributed by atoms with Gasteiger partial charge in [0.2, 0.25) is 0 Å². The highest BCUT2D eigenvalue weighted by Crippen LogP contribution is 2.43. The lowest BCUT2D eigenvalue weighted by atomic mass is 10.0. The second kappa shape index (κ2) is 57.5. The average Bonchev–Trinajstić information content (AvgIpc) is 3.37. The molecule has 416 valence electrons. The Balaban J connectivity index is 3.96. The fourth-order valence-electron chi connectivity index (χ4n) is 8.21. The van der Waals surface area contributed by atoms with E-state index in [1.165, 1.54) is 141 Å². The lowest BCUT2D eigenvalue weighted by Gasteiger charge is -2.19. The molecule has 0 amide bonds. The van der Waals surface area contributed by atoms with Gasteiger partial charge in [-0.15, -0.1) is 0 Å². The Kier molecular flexibility index (Phi) is 55.2. The lowest BCUT2D eigenvalue weighted by Crippen LogP contribution is -2.29. The van der Waals surface area contributed by atoms with E-state index >= 15 is 0 Å². The molecule has 0 fully saturated rings. The number of rotatable bonds is 55. The molecule has 0 aromatic heterocycles. The van der Waals surface area contributed by atoms with Crippen molar-refractivity contribution in [3.8, 4) is 0 Å². The van der Waals surface area contributed by atoms with Crippen LogP contribution in [0.1, 0.15) is 264 Å². The SMILES string of the molecule is CC/C=C\C/C=C\C/C=C\C/C=C\C/C=C\C/C=C\C/C=C\CCCCCCCCCCCCCC(=O)OC(COC(=O)CCCCCCCCCCCCCCCCCCCC)COP(=O)(O)OCCN. The largest absolute Gasteiger partial charge is 0.472 e.